The first-order chi connectivity index (χ1) is 6.77. The van der Waals surface area contributed by atoms with Crippen LogP contribution in [-0.2, 0) is 0 Å². The lowest BCUT2D eigenvalue weighted by atomic mass is 10.2. The monoisotopic (exact) mass is 189 g/mol. The summed E-state index contributed by atoms with van der Waals surface area (Å²) in [5.41, 5.74) is 1.79. The van der Waals surface area contributed by atoms with Crippen LogP contribution in [-0.4, -0.2) is 27.2 Å². The van der Waals surface area contributed by atoms with E-state index in [0.717, 1.165) is 18.8 Å². The van der Waals surface area contributed by atoms with Gasteiger partial charge in [-0.2, -0.15) is 5.26 Å². The zero-order chi connectivity index (χ0) is 10.4. The van der Waals surface area contributed by atoms with Crippen LogP contribution in [0.4, 0.5) is 5.69 Å². The van der Waals surface area contributed by atoms with Crippen molar-refractivity contribution in [2.24, 2.45) is 0 Å². The van der Waals surface area contributed by atoms with Crippen LogP contribution in [0, 0.1) is 11.3 Å². The molecular formula is C11H15N3. The second-order valence-corrected chi connectivity index (χ2v) is 3.19. The predicted molar refractivity (Wildman–Crippen MR) is 58.4 cm³/mol. The van der Waals surface area contributed by atoms with E-state index in [1.807, 2.05) is 38.4 Å². The van der Waals surface area contributed by atoms with Crippen molar-refractivity contribution in [3.05, 3.63) is 29.8 Å². The lowest BCUT2D eigenvalue weighted by molar-refractivity contribution is 0.768. The van der Waals surface area contributed by atoms with Crippen LogP contribution in [0.15, 0.2) is 24.3 Å². The van der Waals surface area contributed by atoms with Crippen LogP contribution >= 0.6 is 0 Å². The maximum Gasteiger partial charge on any atom is 0.0992 e. The molecule has 0 saturated heterocycles. The Balaban J connectivity index is 2.70. The molecule has 0 bridgehead atoms. The summed E-state index contributed by atoms with van der Waals surface area (Å²) in [6.45, 7) is 1.87. The Morgan fingerprint density at radius 2 is 2.29 bits per heavy atom. The highest BCUT2D eigenvalue weighted by molar-refractivity contribution is 5.50. The van der Waals surface area contributed by atoms with Crippen molar-refractivity contribution < 1.29 is 0 Å². The van der Waals surface area contributed by atoms with Gasteiger partial charge in [0.25, 0.3) is 0 Å². The fraction of sp³-hybridized carbons (Fsp3) is 0.364. The molecule has 0 amide bonds. The number of benzene rings is 1. The molecule has 0 unspecified atom stereocenters. The molecule has 0 saturated carbocycles. The highest BCUT2D eigenvalue weighted by Gasteiger charge is 2.00. The molecule has 0 aliphatic carbocycles. The Bertz CT molecular complexity index is 328. The summed E-state index contributed by atoms with van der Waals surface area (Å²) in [5.74, 6) is 0. The van der Waals surface area contributed by atoms with Gasteiger partial charge in [-0.1, -0.05) is 6.07 Å². The summed E-state index contributed by atoms with van der Waals surface area (Å²) in [6.07, 6.45) is 0. The number of nitrogens with one attached hydrogen (secondary N) is 1. The third-order valence-corrected chi connectivity index (χ3v) is 2.11. The Morgan fingerprint density at radius 3 is 2.93 bits per heavy atom. The Kier molecular flexibility index (Phi) is 3.96. The molecule has 1 N–H and O–H groups in total. The Morgan fingerprint density at radius 1 is 1.50 bits per heavy atom. The third kappa shape index (κ3) is 2.75. The normalized spacial score (nSPS) is 9.50. The maximum atomic E-state index is 8.74. The molecule has 0 atom stereocenters. The van der Waals surface area contributed by atoms with E-state index in [1.54, 1.807) is 0 Å². The fourth-order valence-electron chi connectivity index (χ4n) is 1.22. The zero-order valence-electron chi connectivity index (χ0n) is 8.62. The van der Waals surface area contributed by atoms with Crippen molar-refractivity contribution in [3.8, 4) is 6.07 Å². The number of anilines is 1. The van der Waals surface area contributed by atoms with E-state index in [0.29, 0.717) is 5.56 Å². The van der Waals surface area contributed by atoms with Crippen molar-refractivity contribution in [1.82, 2.24) is 5.32 Å². The van der Waals surface area contributed by atoms with E-state index in [1.165, 1.54) is 0 Å². The topological polar surface area (TPSA) is 39.1 Å². The Labute approximate surface area is 85.0 Å². The molecule has 0 aliphatic heterocycles. The van der Waals surface area contributed by atoms with Crippen molar-refractivity contribution in [3.63, 3.8) is 0 Å². The fourth-order valence-corrected chi connectivity index (χ4v) is 1.22. The van der Waals surface area contributed by atoms with Gasteiger partial charge >= 0.3 is 0 Å². The van der Waals surface area contributed by atoms with Crippen molar-refractivity contribution in [1.29, 1.82) is 5.26 Å². The van der Waals surface area contributed by atoms with Gasteiger partial charge in [0.15, 0.2) is 0 Å². The average Bonchev–Trinajstić information content (AvgIpc) is 2.26. The summed E-state index contributed by atoms with van der Waals surface area (Å²) in [4.78, 5) is 2.12. The standard InChI is InChI=1S/C11H15N3/c1-13-6-7-14(2)11-5-3-4-10(8-11)9-12/h3-5,8,13H,6-7H2,1-2H3. The van der Waals surface area contributed by atoms with E-state index in [2.05, 4.69) is 16.3 Å². The molecule has 0 aliphatic rings. The van der Waals surface area contributed by atoms with Crippen molar-refractivity contribution in [2.45, 2.75) is 0 Å². The molecule has 1 rings (SSSR count). The SMILES string of the molecule is CNCCN(C)c1cccc(C#N)c1. The first-order valence-corrected chi connectivity index (χ1v) is 4.64. The predicted octanol–water partition coefficient (Wildman–Crippen LogP) is 1.21. The van der Waals surface area contributed by atoms with Gasteiger partial charge in [0.1, 0.15) is 0 Å². The minimum Gasteiger partial charge on any atom is -0.373 e. The summed E-state index contributed by atoms with van der Waals surface area (Å²) in [5, 5.41) is 11.8. The average molecular weight is 189 g/mol. The van der Waals surface area contributed by atoms with Gasteiger partial charge in [0.05, 0.1) is 11.6 Å². The summed E-state index contributed by atoms with van der Waals surface area (Å²) in [6, 6.07) is 9.77. The molecule has 0 heterocycles. The molecule has 74 valence electrons. The molecule has 1 aromatic rings. The van der Waals surface area contributed by atoms with Gasteiger partial charge in [-0.25, -0.2) is 0 Å². The molecule has 0 fully saturated rings. The van der Waals surface area contributed by atoms with Gasteiger partial charge in [0, 0.05) is 25.8 Å². The molecule has 14 heavy (non-hydrogen) atoms. The van der Waals surface area contributed by atoms with Crippen molar-refractivity contribution >= 4 is 5.69 Å². The number of nitriles is 1. The molecule has 1 aromatic carbocycles. The van der Waals surface area contributed by atoms with Crippen LogP contribution in [0.2, 0.25) is 0 Å². The second-order valence-electron chi connectivity index (χ2n) is 3.19. The summed E-state index contributed by atoms with van der Waals surface area (Å²) < 4.78 is 0. The van der Waals surface area contributed by atoms with Crippen LogP contribution in [0.1, 0.15) is 5.56 Å². The van der Waals surface area contributed by atoms with Crippen LogP contribution in [0.3, 0.4) is 0 Å². The van der Waals surface area contributed by atoms with E-state index < -0.39 is 0 Å². The van der Waals surface area contributed by atoms with Crippen LogP contribution < -0.4 is 10.2 Å². The van der Waals surface area contributed by atoms with Crippen LogP contribution in [0.25, 0.3) is 0 Å². The largest absolute Gasteiger partial charge is 0.373 e. The summed E-state index contributed by atoms with van der Waals surface area (Å²) >= 11 is 0. The summed E-state index contributed by atoms with van der Waals surface area (Å²) in [7, 11) is 3.95. The molecule has 3 nitrogen and oxygen atoms in total. The van der Waals surface area contributed by atoms with Gasteiger partial charge in [-0.15, -0.1) is 0 Å². The number of rotatable bonds is 4. The maximum absolute atomic E-state index is 8.74. The molecule has 0 aromatic heterocycles. The Hall–Kier alpha value is -1.53. The lowest BCUT2D eigenvalue weighted by Gasteiger charge is -2.18. The van der Waals surface area contributed by atoms with Gasteiger partial charge in [-0.05, 0) is 25.2 Å². The van der Waals surface area contributed by atoms with E-state index in [4.69, 9.17) is 5.26 Å². The molecular weight excluding hydrogens is 174 g/mol. The smallest absolute Gasteiger partial charge is 0.0992 e. The van der Waals surface area contributed by atoms with E-state index in [9.17, 15) is 0 Å². The van der Waals surface area contributed by atoms with Crippen molar-refractivity contribution in [2.75, 3.05) is 32.1 Å². The van der Waals surface area contributed by atoms with Gasteiger partial charge < -0.3 is 10.2 Å². The first-order valence-electron chi connectivity index (χ1n) is 4.64. The van der Waals surface area contributed by atoms with Gasteiger partial charge in [-0.3, -0.25) is 0 Å². The highest BCUT2D eigenvalue weighted by atomic mass is 15.1. The third-order valence-electron chi connectivity index (χ3n) is 2.11. The first kappa shape index (κ1) is 10.6. The lowest BCUT2D eigenvalue weighted by Crippen LogP contribution is -2.26. The van der Waals surface area contributed by atoms with Gasteiger partial charge in [0.2, 0.25) is 0 Å². The van der Waals surface area contributed by atoms with E-state index in [-0.39, 0.29) is 0 Å². The number of nitrogens with zero attached hydrogens (tertiary/aromatic N) is 2. The zero-order valence-corrected chi connectivity index (χ0v) is 8.62. The number of likely N-dealkylation sites (N-methyl/N-ethyl adjacent to an activating group) is 2. The number of hydrogen-bond donors (Lipinski definition) is 1. The van der Waals surface area contributed by atoms with Crippen LogP contribution in [0.5, 0.6) is 0 Å². The minimum absolute atomic E-state index is 0.707. The quantitative estimate of drug-likeness (QED) is 0.774. The highest BCUT2D eigenvalue weighted by Crippen LogP contribution is 2.13. The molecule has 0 spiro atoms. The number of hydrogen-bond acceptors (Lipinski definition) is 3. The second kappa shape index (κ2) is 5.25. The molecule has 0 radical (unpaired) electrons. The minimum atomic E-state index is 0.707. The molecule has 3 heteroatoms. The van der Waals surface area contributed by atoms with E-state index >= 15 is 0 Å².